The first kappa shape index (κ1) is 25.0. The van der Waals surface area contributed by atoms with E-state index in [4.69, 9.17) is 0 Å². The van der Waals surface area contributed by atoms with Gasteiger partial charge in [0.2, 0.25) is 0 Å². The smallest absolute Gasteiger partial charge is 0.125 e. The van der Waals surface area contributed by atoms with Gasteiger partial charge in [0.05, 0.1) is 12.2 Å². The van der Waals surface area contributed by atoms with Gasteiger partial charge in [-0.05, 0) is 68.4 Å². The van der Waals surface area contributed by atoms with Gasteiger partial charge in [0.25, 0.3) is 0 Å². The Morgan fingerprint density at radius 2 is 2.09 bits per heavy atom. The number of unbranched alkanes of at least 4 members (excludes halogenated alkanes) is 3. The summed E-state index contributed by atoms with van der Waals surface area (Å²) in [5.74, 6) is 2.73. The van der Waals surface area contributed by atoms with Crippen LogP contribution in [0.1, 0.15) is 78.1 Å². The molecule has 0 radical (unpaired) electrons. The number of fused-ring (bicyclic) bond motifs is 1. The van der Waals surface area contributed by atoms with Gasteiger partial charge >= 0.3 is 0 Å². The normalized spacial score (nSPS) is 26.8. The molecule has 1 aromatic rings. The summed E-state index contributed by atoms with van der Waals surface area (Å²) in [7, 11) is 0. The molecule has 0 spiro atoms. The van der Waals surface area contributed by atoms with E-state index >= 15 is 0 Å². The average molecular weight is 441 g/mol. The molecule has 6 atom stereocenters. The second-order valence-corrected chi connectivity index (χ2v) is 10.1. The second-order valence-electron chi connectivity index (χ2n) is 10.1. The Labute approximate surface area is 195 Å². The number of rotatable bonds is 14. The fourth-order valence-electron chi connectivity index (χ4n) is 5.55. The summed E-state index contributed by atoms with van der Waals surface area (Å²) >= 11 is 0. The molecule has 1 fully saturated rings. The molecule has 32 heavy (non-hydrogen) atoms. The van der Waals surface area contributed by atoms with E-state index in [1.54, 1.807) is 5.57 Å². The summed E-state index contributed by atoms with van der Waals surface area (Å²) in [5, 5.41) is 24.4. The number of hydrogen-bond donors (Lipinski definition) is 3. The van der Waals surface area contributed by atoms with E-state index in [1.165, 1.54) is 38.5 Å². The standard InChI is InChI=1S/C28H44N2O2/c1-3-4-10-21(2)17-24(31)13-14-25-26-19-22(18-23(26)20-27(25)32)11-6-5-8-15-29-28-12-7-9-16-30-28/h7,9,12-14,16,18,21,23-27,31-32H,3-6,8,10-11,15,17,19-20H2,1-2H3,(H,29,30)/b14-13+/t21-,23-,24+,25+,26-,27+/m0/s1. The molecule has 1 aromatic heterocycles. The monoisotopic (exact) mass is 440 g/mol. The van der Waals surface area contributed by atoms with Crippen molar-refractivity contribution in [3.8, 4) is 0 Å². The van der Waals surface area contributed by atoms with Gasteiger partial charge in [-0.25, -0.2) is 4.98 Å². The number of pyridine rings is 1. The van der Waals surface area contributed by atoms with Crippen molar-refractivity contribution in [2.45, 2.75) is 90.3 Å². The zero-order valence-corrected chi connectivity index (χ0v) is 20.1. The number of anilines is 1. The first-order chi connectivity index (χ1) is 15.6. The molecule has 2 aliphatic rings. The van der Waals surface area contributed by atoms with Crippen LogP contribution in [0.25, 0.3) is 0 Å². The molecule has 4 heteroatoms. The van der Waals surface area contributed by atoms with Crippen LogP contribution in [0.3, 0.4) is 0 Å². The van der Waals surface area contributed by atoms with Crippen molar-refractivity contribution in [1.29, 1.82) is 0 Å². The van der Waals surface area contributed by atoms with Crippen LogP contribution in [0.5, 0.6) is 0 Å². The van der Waals surface area contributed by atoms with Gasteiger partial charge in [-0.1, -0.05) is 69.4 Å². The van der Waals surface area contributed by atoms with E-state index in [2.05, 4.69) is 36.3 Å². The van der Waals surface area contributed by atoms with Crippen molar-refractivity contribution in [3.63, 3.8) is 0 Å². The predicted octanol–water partition coefficient (Wildman–Crippen LogP) is 6.13. The van der Waals surface area contributed by atoms with E-state index in [9.17, 15) is 10.2 Å². The Kier molecular flexibility index (Phi) is 10.3. The Morgan fingerprint density at radius 1 is 1.22 bits per heavy atom. The molecule has 0 saturated heterocycles. The van der Waals surface area contributed by atoms with E-state index in [0.29, 0.717) is 17.8 Å². The van der Waals surface area contributed by atoms with Crippen LogP contribution in [0.2, 0.25) is 0 Å². The lowest BCUT2D eigenvalue weighted by molar-refractivity contribution is 0.139. The lowest BCUT2D eigenvalue weighted by atomic mass is 9.88. The van der Waals surface area contributed by atoms with Crippen molar-refractivity contribution < 1.29 is 10.2 Å². The SMILES string of the molecule is CCCC[C@H](C)C[C@H](O)/C=C/[C@@H]1[C@H]2CC(CCCCCNc3ccccn3)=C[C@H]2C[C@H]1O. The molecule has 178 valence electrons. The quantitative estimate of drug-likeness (QED) is 0.240. The van der Waals surface area contributed by atoms with Crippen molar-refractivity contribution in [3.05, 3.63) is 48.2 Å². The summed E-state index contributed by atoms with van der Waals surface area (Å²) in [6.07, 6.45) is 19.0. The van der Waals surface area contributed by atoms with E-state index in [-0.39, 0.29) is 18.1 Å². The number of nitrogens with one attached hydrogen (secondary N) is 1. The molecule has 0 aromatic carbocycles. The molecule has 3 rings (SSSR count). The third-order valence-electron chi connectivity index (χ3n) is 7.35. The molecule has 1 heterocycles. The minimum absolute atomic E-state index is 0.192. The highest BCUT2D eigenvalue weighted by molar-refractivity contribution is 5.32. The lowest BCUT2D eigenvalue weighted by Gasteiger charge is -2.19. The molecule has 3 N–H and O–H groups in total. The Hall–Kier alpha value is -1.65. The predicted molar refractivity (Wildman–Crippen MR) is 133 cm³/mol. The Bertz CT molecular complexity index is 717. The molecule has 4 nitrogen and oxygen atoms in total. The van der Waals surface area contributed by atoms with Crippen LogP contribution >= 0.6 is 0 Å². The Morgan fingerprint density at radius 3 is 2.88 bits per heavy atom. The summed E-state index contributed by atoms with van der Waals surface area (Å²) in [6.45, 7) is 5.42. The third-order valence-corrected chi connectivity index (χ3v) is 7.35. The fraction of sp³-hybridized carbons (Fsp3) is 0.679. The largest absolute Gasteiger partial charge is 0.392 e. The molecule has 0 aliphatic heterocycles. The molecule has 1 saturated carbocycles. The van der Waals surface area contributed by atoms with Gasteiger partial charge < -0.3 is 15.5 Å². The fourth-order valence-corrected chi connectivity index (χ4v) is 5.55. The van der Waals surface area contributed by atoms with Gasteiger partial charge in [-0.3, -0.25) is 0 Å². The summed E-state index contributed by atoms with van der Waals surface area (Å²) in [5.41, 5.74) is 1.58. The average Bonchev–Trinajstić information content (AvgIpc) is 3.30. The zero-order chi connectivity index (χ0) is 22.8. The molecular weight excluding hydrogens is 396 g/mol. The van der Waals surface area contributed by atoms with Crippen molar-refractivity contribution >= 4 is 5.82 Å². The van der Waals surface area contributed by atoms with E-state index in [0.717, 1.165) is 38.0 Å². The van der Waals surface area contributed by atoms with Gasteiger partial charge in [0.1, 0.15) is 5.82 Å². The van der Waals surface area contributed by atoms with Crippen LogP contribution in [0.15, 0.2) is 48.2 Å². The molecule has 0 amide bonds. The van der Waals surface area contributed by atoms with E-state index in [1.807, 2.05) is 30.5 Å². The topological polar surface area (TPSA) is 65.4 Å². The number of nitrogens with zero attached hydrogens (tertiary/aromatic N) is 1. The van der Waals surface area contributed by atoms with Crippen LogP contribution in [-0.4, -0.2) is 33.9 Å². The third kappa shape index (κ3) is 7.74. The van der Waals surface area contributed by atoms with Crippen LogP contribution in [0.4, 0.5) is 5.82 Å². The first-order valence-electron chi connectivity index (χ1n) is 13.0. The zero-order valence-electron chi connectivity index (χ0n) is 20.1. The summed E-state index contributed by atoms with van der Waals surface area (Å²) in [6, 6.07) is 5.95. The second kappa shape index (κ2) is 13.2. The minimum Gasteiger partial charge on any atom is -0.392 e. The first-order valence-corrected chi connectivity index (χ1v) is 13.0. The maximum Gasteiger partial charge on any atom is 0.125 e. The van der Waals surface area contributed by atoms with E-state index < -0.39 is 0 Å². The number of aromatic nitrogens is 1. The van der Waals surface area contributed by atoms with Crippen molar-refractivity contribution in [1.82, 2.24) is 4.98 Å². The van der Waals surface area contributed by atoms with Gasteiger partial charge in [0, 0.05) is 18.7 Å². The highest BCUT2D eigenvalue weighted by atomic mass is 16.3. The van der Waals surface area contributed by atoms with Crippen molar-refractivity contribution in [2.24, 2.45) is 23.7 Å². The van der Waals surface area contributed by atoms with Crippen LogP contribution in [-0.2, 0) is 0 Å². The maximum absolute atomic E-state index is 10.6. The number of hydrogen-bond acceptors (Lipinski definition) is 4. The maximum atomic E-state index is 10.6. The summed E-state index contributed by atoms with van der Waals surface area (Å²) < 4.78 is 0. The van der Waals surface area contributed by atoms with Gasteiger partial charge in [-0.15, -0.1) is 0 Å². The van der Waals surface area contributed by atoms with Gasteiger partial charge in [0.15, 0.2) is 0 Å². The molecule has 2 aliphatic carbocycles. The highest BCUT2D eigenvalue weighted by Crippen LogP contribution is 2.48. The number of allylic oxidation sites excluding steroid dienone is 2. The minimum atomic E-state index is -0.387. The molecule has 0 bridgehead atoms. The number of aliphatic hydroxyl groups is 2. The summed E-state index contributed by atoms with van der Waals surface area (Å²) in [4.78, 5) is 4.29. The van der Waals surface area contributed by atoms with Crippen molar-refractivity contribution in [2.75, 3.05) is 11.9 Å². The Balaban J connectivity index is 1.35. The molecule has 0 unspecified atom stereocenters. The highest BCUT2D eigenvalue weighted by Gasteiger charge is 2.43. The molecular formula is C28H44N2O2. The van der Waals surface area contributed by atoms with Gasteiger partial charge in [-0.2, -0.15) is 0 Å². The number of aliphatic hydroxyl groups excluding tert-OH is 2. The van der Waals surface area contributed by atoms with Crippen LogP contribution < -0.4 is 5.32 Å². The van der Waals surface area contributed by atoms with Crippen LogP contribution in [0, 0.1) is 23.7 Å². The lowest BCUT2D eigenvalue weighted by Crippen LogP contribution is -2.18.